The standard InChI is InChI=1S/C28H33N7O3S/c1-18-11-12-24-23(14-18)27(37)34(4)25-16-29-28(31-26(25)33(24)3)30-20-8-6-10-22(15-20)39(5,38)32-21-9-7-13-35(17-21)19(2)36/h6,8,10-12,14-16,21H,5,7,9,13,17H2,1-4H3,(H,32,38)(H,29,30,31). The molecule has 0 bridgehead atoms. The summed E-state index contributed by atoms with van der Waals surface area (Å²) in [5.74, 6) is 4.79. The maximum absolute atomic E-state index is 13.6. The van der Waals surface area contributed by atoms with Crippen molar-refractivity contribution in [2.45, 2.75) is 37.6 Å². The number of carbonyl (C=O) groups excluding carboxylic acids is 2. The van der Waals surface area contributed by atoms with E-state index >= 15 is 0 Å². The fraction of sp³-hybridized carbons (Fsp3) is 0.321. The van der Waals surface area contributed by atoms with E-state index in [1.165, 1.54) is 0 Å². The Morgan fingerprint density at radius 3 is 2.69 bits per heavy atom. The molecule has 3 heterocycles. The summed E-state index contributed by atoms with van der Waals surface area (Å²) in [4.78, 5) is 39.9. The molecule has 1 saturated heterocycles. The van der Waals surface area contributed by atoms with Crippen molar-refractivity contribution < 1.29 is 13.8 Å². The van der Waals surface area contributed by atoms with E-state index in [0.717, 1.165) is 30.6 Å². The normalized spacial score (nSPS) is 18.6. The molecule has 11 heteroatoms. The molecule has 2 aromatic carbocycles. The summed E-state index contributed by atoms with van der Waals surface area (Å²) in [6.45, 7) is 4.74. The van der Waals surface area contributed by atoms with Gasteiger partial charge in [0.05, 0.1) is 27.2 Å². The predicted molar refractivity (Wildman–Crippen MR) is 156 cm³/mol. The van der Waals surface area contributed by atoms with Crippen LogP contribution in [0.5, 0.6) is 0 Å². The number of amides is 2. The largest absolute Gasteiger partial charge is 0.341 e. The molecule has 2 aliphatic rings. The maximum Gasteiger partial charge on any atom is 0.260 e. The first-order valence-electron chi connectivity index (χ1n) is 12.8. The molecule has 39 heavy (non-hydrogen) atoms. The van der Waals surface area contributed by atoms with Crippen LogP contribution in [0.15, 0.2) is 53.6 Å². The van der Waals surface area contributed by atoms with Crippen LogP contribution in [0, 0.1) is 6.92 Å². The predicted octanol–water partition coefficient (Wildman–Crippen LogP) is 3.48. The molecule has 0 spiro atoms. The van der Waals surface area contributed by atoms with Gasteiger partial charge < -0.3 is 20.0 Å². The number of hydrogen-bond donors (Lipinski definition) is 2. The Hall–Kier alpha value is -3.96. The van der Waals surface area contributed by atoms with Gasteiger partial charge in [0, 0.05) is 50.7 Å². The number of fused-ring (bicyclic) bond motifs is 2. The third-order valence-electron chi connectivity index (χ3n) is 7.17. The topological polar surface area (TPSA) is 111 Å². The molecule has 1 aromatic heterocycles. The van der Waals surface area contributed by atoms with Crippen molar-refractivity contribution in [2.24, 2.45) is 0 Å². The average Bonchev–Trinajstić information content (AvgIpc) is 2.98. The molecule has 2 atom stereocenters. The van der Waals surface area contributed by atoms with Crippen molar-refractivity contribution in [3.8, 4) is 0 Å². The summed E-state index contributed by atoms with van der Waals surface area (Å²) >= 11 is 0. The number of hydrogen-bond acceptors (Lipinski definition) is 7. The molecule has 0 saturated carbocycles. The monoisotopic (exact) mass is 547 g/mol. The average molecular weight is 548 g/mol. The van der Waals surface area contributed by atoms with Gasteiger partial charge in [-0.15, -0.1) is 0 Å². The number of aromatic nitrogens is 2. The zero-order valence-corrected chi connectivity index (χ0v) is 23.4. The van der Waals surface area contributed by atoms with Gasteiger partial charge in [0.2, 0.25) is 11.9 Å². The number of nitrogens with zero attached hydrogens (tertiary/aromatic N) is 5. The van der Waals surface area contributed by atoms with Crippen molar-refractivity contribution in [2.75, 3.05) is 42.3 Å². The molecule has 0 aliphatic carbocycles. The Morgan fingerprint density at radius 1 is 1.13 bits per heavy atom. The smallest absolute Gasteiger partial charge is 0.260 e. The van der Waals surface area contributed by atoms with Gasteiger partial charge in [0.1, 0.15) is 5.69 Å². The Bertz CT molecular complexity index is 1560. The Labute approximate surface area is 229 Å². The first kappa shape index (κ1) is 26.6. The third-order valence-corrected chi connectivity index (χ3v) is 8.90. The minimum atomic E-state index is -2.82. The molecule has 204 valence electrons. The number of aryl methyl sites for hydroxylation is 1. The van der Waals surface area contributed by atoms with Gasteiger partial charge in [-0.3, -0.25) is 9.59 Å². The lowest BCUT2D eigenvalue weighted by atomic mass is 10.1. The van der Waals surface area contributed by atoms with Crippen LogP contribution in [0.3, 0.4) is 0 Å². The highest BCUT2D eigenvalue weighted by molar-refractivity contribution is 7.98. The Morgan fingerprint density at radius 2 is 1.92 bits per heavy atom. The van der Waals surface area contributed by atoms with Crippen LogP contribution in [-0.2, 0) is 14.5 Å². The van der Waals surface area contributed by atoms with Gasteiger partial charge in [0.15, 0.2) is 5.82 Å². The van der Waals surface area contributed by atoms with Crippen LogP contribution in [0.4, 0.5) is 28.8 Å². The van der Waals surface area contributed by atoms with Gasteiger partial charge in [0.25, 0.3) is 5.91 Å². The van der Waals surface area contributed by atoms with E-state index in [9.17, 15) is 13.8 Å². The van der Waals surface area contributed by atoms with Crippen molar-refractivity contribution in [3.05, 3.63) is 59.8 Å². The molecule has 10 nitrogen and oxygen atoms in total. The van der Waals surface area contributed by atoms with Crippen molar-refractivity contribution in [1.29, 1.82) is 0 Å². The summed E-state index contributed by atoms with van der Waals surface area (Å²) in [6, 6.07) is 12.8. The van der Waals surface area contributed by atoms with Crippen LogP contribution in [0.25, 0.3) is 0 Å². The number of piperidine rings is 1. The SMILES string of the molecule is C=S(=O)(NC1CCCN(C(C)=O)C1)c1cccc(Nc2ncc3c(n2)N(C)c2ccc(C)cc2C(=O)N3C)c1. The molecule has 3 aromatic rings. The molecule has 1 fully saturated rings. The fourth-order valence-electron chi connectivity index (χ4n) is 5.03. The first-order valence-corrected chi connectivity index (χ1v) is 14.5. The molecular formula is C28H33N7O3S. The van der Waals surface area contributed by atoms with Crippen molar-refractivity contribution in [1.82, 2.24) is 19.6 Å². The summed E-state index contributed by atoms with van der Waals surface area (Å²) < 4.78 is 16.8. The second kappa shape index (κ2) is 10.3. The Balaban J connectivity index is 1.39. The summed E-state index contributed by atoms with van der Waals surface area (Å²) in [6.07, 6.45) is 3.30. The van der Waals surface area contributed by atoms with E-state index in [0.29, 0.717) is 40.1 Å². The van der Waals surface area contributed by atoms with E-state index < -0.39 is 9.71 Å². The van der Waals surface area contributed by atoms with Crippen LogP contribution in [-0.4, -0.2) is 70.0 Å². The lowest BCUT2D eigenvalue weighted by Gasteiger charge is -2.33. The summed E-state index contributed by atoms with van der Waals surface area (Å²) in [5.41, 5.74) is 3.60. The van der Waals surface area contributed by atoms with Crippen LogP contribution in [0.2, 0.25) is 0 Å². The maximum atomic E-state index is 13.6. The number of carbonyl (C=O) groups is 2. The minimum absolute atomic E-state index is 0.0174. The summed E-state index contributed by atoms with van der Waals surface area (Å²) in [7, 11) is 0.765. The molecule has 2 aliphatic heterocycles. The van der Waals surface area contributed by atoms with Gasteiger partial charge in [-0.1, -0.05) is 17.7 Å². The van der Waals surface area contributed by atoms with E-state index in [4.69, 9.17) is 4.98 Å². The van der Waals surface area contributed by atoms with Crippen LogP contribution in [0.1, 0.15) is 35.7 Å². The second-order valence-corrected chi connectivity index (χ2v) is 12.2. The molecule has 2 N–H and O–H groups in total. The molecule has 2 amide bonds. The molecule has 0 radical (unpaired) electrons. The van der Waals surface area contributed by atoms with Crippen molar-refractivity contribution >= 4 is 56.2 Å². The highest BCUT2D eigenvalue weighted by Crippen LogP contribution is 2.38. The lowest BCUT2D eigenvalue weighted by molar-refractivity contribution is -0.130. The number of likely N-dealkylation sites (tertiary alicyclic amines) is 1. The van der Waals surface area contributed by atoms with Gasteiger partial charge in [-0.2, -0.15) is 4.98 Å². The van der Waals surface area contributed by atoms with E-state index in [2.05, 4.69) is 20.9 Å². The lowest BCUT2D eigenvalue weighted by Crippen LogP contribution is -2.48. The first-order chi connectivity index (χ1) is 18.5. The van der Waals surface area contributed by atoms with Crippen LogP contribution < -0.4 is 19.8 Å². The van der Waals surface area contributed by atoms with E-state index in [1.54, 1.807) is 48.2 Å². The molecule has 2 unspecified atom stereocenters. The number of rotatable bonds is 5. The number of benzene rings is 2. The van der Waals surface area contributed by atoms with Crippen molar-refractivity contribution in [3.63, 3.8) is 0 Å². The Kier molecular flexibility index (Phi) is 7.04. The van der Waals surface area contributed by atoms with Gasteiger partial charge >= 0.3 is 0 Å². The zero-order valence-electron chi connectivity index (χ0n) is 22.6. The molecule has 5 rings (SSSR count). The quantitative estimate of drug-likeness (QED) is 0.471. The number of nitrogens with one attached hydrogen (secondary N) is 2. The minimum Gasteiger partial charge on any atom is -0.341 e. The van der Waals surface area contributed by atoms with E-state index in [1.807, 2.05) is 43.1 Å². The van der Waals surface area contributed by atoms with Gasteiger partial charge in [-0.05, 0) is 56.0 Å². The zero-order chi connectivity index (χ0) is 27.9. The van der Waals surface area contributed by atoms with Gasteiger partial charge in [-0.25, -0.2) is 13.9 Å². The summed E-state index contributed by atoms with van der Waals surface area (Å²) in [5, 5.41) is 3.21. The second-order valence-electron chi connectivity index (χ2n) is 10.1. The highest BCUT2D eigenvalue weighted by atomic mass is 32.2. The van der Waals surface area contributed by atoms with E-state index in [-0.39, 0.29) is 17.9 Å². The van der Waals surface area contributed by atoms with Crippen LogP contribution >= 0.6 is 0 Å². The molecular weight excluding hydrogens is 514 g/mol. The third kappa shape index (κ3) is 5.32. The fourth-order valence-corrected chi connectivity index (χ4v) is 6.52. The highest BCUT2D eigenvalue weighted by Gasteiger charge is 2.29. The number of anilines is 5.